The number of nitrogens with zero attached hydrogens (tertiary/aromatic N) is 2. The molecule has 1 aliphatic rings. The predicted molar refractivity (Wildman–Crippen MR) is 160 cm³/mol. The van der Waals surface area contributed by atoms with E-state index in [0.29, 0.717) is 25.0 Å². The number of carbonyl (C=O) groups excluding carboxylic acids is 3. The van der Waals surface area contributed by atoms with Gasteiger partial charge in [0.25, 0.3) is 0 Å². The molecule has 1 aliphatic heterocycles. The van der Waals surface area contributed by atoms with Crippen LogP contribution in [0.15, 0.2) is 48.5 Å². The standard InChI is InChI=1S/C32H46N4O5/c1-8-11-27(24-14-12-22(4)13-15-24)34-30(38)36-28(37)32(9-2,10-3)29(36)41-25-18-16-23(17-19-25)26(33-5)20-21-40-31(39)35(6)7/h12-19,26-27,29,33H,8-11,20-21H2,1-7H3,(H,34,38)/t26?,27-,29+/m1/s1. The fraction of sp³-hybridized carbons (Fsp3) is 0.531. The van der Waals surface area contributed by atoms with E-state index in [1.54, 1.807) is 14.1 Å². The second-order valence-corrected chi connectivity index (χ2v) is 10.9. The molecule has 1 saturated heterocycles. The number of amides is 4. The molecule has 2 aromatic carbocycles. The lowest BCUT2D eigenvalue weighted by molar-refractivity contribution is -0.191. The summed E-state index contributed by atoms with van der Waals surface area (Å²) >= 11 is 0. The van der Waals surface area contributed by atoms with Gasteiger partial charge < -0.3 is 25.0 Å². The topological polar surface area (TPSA) is 100 Å². The monoisotopic (exact) mass is 566 g/mol. The zero-order valence-electron chi connectivity index (χ0n) is 25.5. The molecule has 0 saturated carbocycles. The van der Waals surface area contributed by atoms with Gasteiger partial charge >= 0.3 is 12.1 Å². The number of benzene rings is 2. The molecule has 0 aliphatic carbocycles. The number of imide groups is 1. The normalized spacial score (nSPS) is 17.3. The third-order valence-electron chi connectivity index (χ3n) is 8.06. The summed E-state index contributed by atoms with van der Waals surface area (Å²) in [6.07, 6.45) is 2.31. The molecule has 0 aromatic heterocycles. The van der Waals surface area contributed by atoms with Crippen LogP contribution >= 0.6 is 0 Å². The summed E-state index contributed by atoms with van der Waals surface area (Å²) in [5, 5.41) is 6.35. The Kier molecular flexibility index (Phi) is 11.2. The Hall–Kier alpha value is -3.59. The average molecular weight is 567 g/mol. The zero-order valence-corrected chi connectivity index (χ0v) is 25.5. The third-order valence-corrected chi connectivity index (χ3v) is 8.06. The SMILES string of the molecule is CCC[C@@H](NC(=O)N1C(=O)C(CC)(CC)[C@@H]1Oc1ccc(C(CCOC(=O)N(C)C)NC)cc1)c1ccc(C)cc1. The van der Waals surface area contributed by atoms with Gasteiger partial charge in [-0.05, 0) is 56.5 Å². The summed E-state index contributed by atoms with van der Waals surface area (Å²) in [5.74, 6) is 0.371. The number of hydrogen-bond acceptors (Lipinski definition) is 6. The molecule has 41 heavy (non-hydrogen) atoms. The second kappa shape index (κ2) is 14.3. The highest BCUT2D eigenvalue weighted by Gasteiger charge is 2.63. The summed E-state index contributed by atoms with van der Waals surface area (Å²) < 4.78 is 11.6. The van der Waals surface area contributed by atoms with E-state index in [4.69, 9.17) is 9.47 Å². The van der Waals surface area contributed by atoms with Crippen LogP contribution in [0.2, 0.25) is 0 Å². The van der Waals surface area contributed by atoms with Crippen molar-refractivity contribution in [2.45, 2.75) is 78.1 Å². The number of aryl methyl sites for hydroxylation is 1. The highest BCUT2D eigenvalue weighted by atomic mass is 16.6. The Balaban J connectivity index is 1.74. The Labute approximate surface area is 244 Å². The molecule has 1 heterocycles. The lowest BCUT2D eigenvalue weighted by Gasteiger charge is -2.53. The van der Waals surface area contributed by atoms with Crippen LogP contribution in [0.4, 0.5) is 9.59 Å². The van der Waals surface area contributed by atoms with Crippen molar-refractivity contribution in [1.29, 1.82) is 0 Å². The molecular weight excluding hydrogens is 520 g/mol. The van der Waals surface area contributed by atoms with Crippen LogP contribution in [0.5, 0.6) is 5.75 Å². The maximum atomic E-state index is 13.5. The highest BCUT2D eigenvalue weighted by Crippen LogP contribution is 2.46. The fourth-order valence-electron chi connectivity index (χ4n) is 5.31. The summed E-state index contributed by atoms with van der Waals surface area (Å²) in [5.41, 5.74) is 2.42. The van der Waals surface area contributed by atoms with Crippen molar-refractivity contribution >= 4 is 18.0 Å². The maximum Gasteiger partial charge on any atom is 0.409 e. The molecule has 0 spiro atoms. The third kappa shape index (κ3) is 7.19. The van der Waals surface area contributed by atoms with Gasteiger partial charge in [0.1, 0.15) is 11.2 Å². The van der Waals surface area contributed by atoms with Crippen LogP contribution in [-0.2, 0) is 9.53 Å². The minimum Gasteiger partial charge on any atom is -0.469 e. The number of nitrogens with one attached hydrogen (secondary N) is 2. The first-order valence-corrected chi connectivity index (χ1v) is 14.6. The van der Waals surface area contributed by atoms with Crippen LogP contribution in [0.1, 0.15) is 81.6 Å². The lowest BCUT2D eigenvalue weighted by Crippen LogP contribution is -2.73. The number of hydrogen-bond donors (Lipinski definition) is 2. The largest absolute Gasteiger partial charge is 0.469 e. The number of likely N-dealkylation sites (tertiary alicyclic amines) is 1. The van der Waals surface area contributed by atoms with Gasteiger partial charge in [-0.25, -0.2) is 14.5 Å². The molecule has 9 nitrogen and oxygen atoms in total. The van der Waals surface area contributed by atoms with E-state index in [9.17, 15) is 14.4 Å². The van der Waals surface area contributed by atoms with Crippen molar-refractivity contribution in [1.82, 2.24) is 20.4 Å². The van der Waals surface area contributed by atoms with Gasteiger partial charge in [-0.1, -0.05) is 69.2 Å². The van der Waals surface area contributed by atoms with E-state index in [2.05, 4.69) is 17.6 Å². The molecule has 3 atom stereocenters. The van der Waals surface area contributed by atoms with Crippen molar-refractivity contribution in [3.8, 4) is 5.75 Å². The summed E-state index contributed by atoms with van der Waals surface area (Å²) in [6.45, 7) is 8.31. The molecule has 2 aromatic rings. The molecule has 0 bridgehead atoms. The quantitative estimate of drug-likeness (QED) is 0.291. The van der Waals surface area contributed by atoms with E-state index in [1.807, 2.05) is 76.3 Å². The van der Waals surface area contributed by atoms with Crippen LogP contribution in [0.3, 0.4) is 0 Å². The van der Waals surface area contributed by atoms with Gasteiger partial charge in [0, 0.05) is 26.6 Å². The summed E-state index contributed by atoms with van der Waals surface area (Å²) in [4.78, 5) is 41.3. The molecule has 1 fully saturated rings. The van der Waals surface area contributed by atoms with Crippen molar-refractivity contribution in [3.05, 3.63) is 65.2 Å². The van der Waals surface area contributed by atoms with Gasteiger partial charge in [0.15, 0.2) is 6.23 Å². The number of ether oxygens (including phenoxy) is 2. The first-order chi connectivity index (χ1) is 19.6. The molecule has 3 rings (SSSR count). The van der Waals surface area contributed by atoms with Crippen molar-refractivity contribution < 1.29 is 23.9 Å². The van der Waals surface area contributed by atoms with Crippen LogP contribution in [0.25, 0.3) is 0 Å². The highest BCUT2D eigenvalue weighted by molar-refractivity contribution is 6.03. The average Bonchev–Trinajstić information content (AvgIpc) is 2.96. The van der Waals surface area contributed by atoms with Gasteiger partial charge in [-0.2, -0.15) is 0 Å². The number of urea groups is 1. The van der Waals surface area contributed by atoms with Crippen molar-refractivity contribution in [2.75, 3.05) is 27.7 Å². The minimum atomic E-state index is -0.760. The molecule has 224 valence electrons. The molecular formula is C32H46N4O5. The van der Waals surface area contributed by atoms with Gasteiger partial charge in [0.2, 0.25) is 5.91 Å². The molecule has 4 amide bonds. The Morgan fingerprint density at radius 2 is 1.54 bits per heavy atom. The number of β-lactam (4-membered cyclic amide) rings is 1. The molecule has 2 N–H and O–H groups in total. The van der Waals surface area contributed by atoms with Crippen molar-refractivity contribution in [3.63, 3.8) is 0 Å². The van der Waals surface area contributed by atoms with Gasteiger partial charge in [-0.15, -0.1) is 0 Å². The molecule has 0 radical (unpaired) electrons. The first-order valence-electron chi connectivity index (χ1n) is 14.6. The Bertz CT molecular complexity index is 1160. The predicted octanol–water partition coefficient (Wildman–Crippen LogP) is 5.95. The van der Waals surface area contributed by atoms with Gasteiger partial charge in [0.05, 0.1) is 12.6 Å². The van der Waals surface area contributed by atoms with E-state index in [0.717, 1.165) is 29.5 Å². The van der Waals surface area contributed by atoms with E-state index < -0.39 is 17.7 Å². The Morgan fingerprint density at radius 3 is 2.07 bits per heavy atom. The minimum absolute atomic E-state index is 0.0192. The first kappa shape index (κ1) is 31.9. The van der Waals surface area contributed by atoms with Crippen LogP contribution in [-0.4, -0.2) is 61.8 Å². The lowest BCUT2D eigenvalue weighted by atomic mass is 9.72. The number of rotatable bonds is 13. The van der Waals surface area contributed by atoms with Crippen LogP contribution in [0, 0.1) is 12.3 Å². The van der Waals surface area contributed by atoms with Gasteiger partial charge in [-0.3, -0.25) is 4.79 Å². The fourth-order valence-corrected chi connectivity index (χ4v) is 5.31. The Morgan fingerprint density at radius 1 is 0.951 bits per heavy atom. The van der Waals surface area contributed by atoms with E-state index in [-0.39, 0.29) is 30.7 Å². The maximum absolute atomic E-state index is 13.5. The second-order valence-electron chi connectivity index (χ2n) is 10.9. The van der Waals surface area contributed by atoms with Crippen molar-refractivity contribution in [2.24, 2.45) is 5.41 Å². The smallest absolute Gasteiger partial charge is 0.409 e. The molecule has 1 unspecified atom stereocenters. The molecule has 9 heteroatoms. The van der Waals surface area contributed by atoms with E-state index >= 15 is 0 Å². The summed E-state index contributed by atoms with van der Waals surface area (Å²) in [6, 6.07) is 15.1. The number of carbonyl (C=O) groups is 3. The van der Waals surface area contributed by atoms with E-state index in [1.165, 1.54) is 9.80 Å². The zero-order chi connectivity index (χ0) is 30.2. The summed E-state index contributed by atoms with van der Waals surface area (Å²) in [7, 11) is 5.16. The van der Waals surface area contributed by atoms with Crippen LogP contribution < -0.4 is 15.4 Å².